The van der Waals surface area contributed by atoms with Crippen molar-refractivity contribution in [2.24, 2.45) is 0 Å². The Bertz CT molecular complexity index is 1140. The Morgan fingerprint density at radius 2 is 1.72 bits per heavy atom. The molecule has 0 amide bonds. The van der Waals surface area contributed by atoms with Crippen molar-refractivity contribution < 1.29 is 12.8 Å². The van der Waals surface area contributed by atoms with Crippen LogP contribution >= 0.6 is 15.9 Å². The minimum atomic E-state index is -3.78. The molecule has 0 spiro atoms. The van der Waals surface area contributed by atoms with Crippen molar-refractivity contribution in [1.82, 2.24) is 13.8 Å². The lowest BCUT2D eigenvalue weighted by Gasteiger charge is -2.34. The molecular weight excluding hydrogens is 457 g/mol. The molecule has 1 aliphatic rings. The monoisotopic (exact) mass is 479 g/mol. The van der Waals surface area contributed by atoms with Gasteiger partial charge in [0.1, 0.15) is 5.82 Å². The van der Waals surface area contributed by atoms with Gasteiger partial charge in [-0.1, -0.05) is 22.9 Å². The molecule has 0 N–H and O–H groups in total. The van der Waals surface area contributed by atoms with Gasteiger partial charge in [0.25, 0.3) is 10.0 Å². The van der Waals surface area contributed by atoms with Gasteiger partial charge in [-0.25, -0.2) is 16.8 Å². The highest BCUT2D eigenvalue weighted by Crippen LogP contribution is 2.27. The third kappa shape index (κ3) is 4.12. The number of halogens is 2. The van der Waals surface area contributed by atoms with E-state index in [0.29, 0.717) is 17.4 Å². The molecule has 2 aromatic carbocycles. The molecule has 1 aliphatic heterocycles. The summed E-state index contributed by atoms with van der Waals surface area (Å²) in [6, 6.07) is 10.9. The van der Waals surface area contributed by atoms with Crippen LogP contribution in [0.1, 0.15) is 12.5 Å². The zero-order valence-corrected chi connectivity index (χ0v) is 18.6. The van der Waals surface area contributed by atoms with E-state index in [1.807, 2.05) is 0 Å². The first-order valence-corrected chi connectivity index (χ1v) is 11.9. The molecule has 0 atom stereocenters. The molecule has 0 unspecified atom stereocenters. The van der Waals surface area contributed by atoms with E-state index >= 15 is 0 Å². The first-order chi connectivity index (χ1) is 13.9. The Morgan fingerprint density at radius 3 is 2.45 bits per heavy atom. The summed E-state index contributed by atoms with van der Waals surface area (Å²) < 4.78 is 42.1. The van der Waals surface area contributed by atoms with Crippen molar-refractivity contribution in [3.8, 4) is 0 Å². The lowest BCUT2D eigenvalue weighted by atomic mass is 10.2. The molecule has 154 valence electrons. The molecule has 29 heavy (non-hydrogen) atoms. The second-order valence-electron chi connectivity index (χ2n) is 7.28. The van der Waals surface area contributed by atoms with Gasteiger partial charge in [0.15, 0.2) is 0 Å². The number of fused-ring (bicyclic) bond motifs is 1. The quantitative estimate of drug-likeness (QED) is 0.556. The fourth-order valence-electron chi connectivity index (χ4n) is 3.75. The molecular formula is C21H23BrFN3O2S. The SMILES string of the molecule is CCN1CCN(Cc2cc(S(=O)(=O)n3ccc4cc(F)ccc43)ccc2Br)CC1. The van der Waals surface area contributed by atoms with Crippen LogP contribution in [0.2, 0.25) is 0 Å². The van der Waals surface area contributed by atoms with Crippen molar-refractivity contribution in [3.63, 3.8) is 0 Å². The molecule has 2 heterocycles. The van der Waals surface area contributed by atoms with Crippen LogP contribution in [0.5, 0.6) is 0 Å². The third-order valence-electron chi connectivity index (χ3n) is 5.50. The zero-order chi connectivity index (χ0) is 20.6. The first kappa shape index (κ1) is 20.5. The molecule has 1 aromatic heterocycles. The van der Waals surface area contributed by atoms with Gasteiger partial charge in [0, 0.05) is 48.8 Å². The van der Waals surface area contributed by atoms with E-state index in [2.05, 4.69) is 32.7 Å². The Labute approximate surface area is 178 Å². The first-order valence-electron chi connectivity index (χ1n) is 9.64. The molecule has 1 fully saturated rings. The van der Waals surface area contributed by atoms with Crippen molar-refractivity contribution >= 4 is 36.9 Å². The van der Waals surface area contributed by atoms with Gasteiger partial charge in [-0.3, -0.25) is 4.90 Å². The van der Waals surface area contributed by atoms with E-state index in [0.717, 1.165) is 42.8 Å². The van der Waals surface area contributed by atoms with Crippen LogP contribution in [-0.4, -0.2) is 54.9 Å². The lowest BCUT2D eigenvalue weighted by molar-refractivity contribution is 0.131. The molecule has 1 saturated heterocycles. The van der Waals surface area contributed by atoms with Crippen LogP contribution in [0.4, 0.5) is 4.39 Å². The zero-order valence-electron chi connectivity index (χ0n) is 16.2. The normalized spacial score (nSPS) is 16.5. The van der Waals surface area contributed by atoms with Gasteiger partial charge in [-0.15, -0.1) is 0 Å². The Morgan fingerprint density at radius 1 is 1.00 bits per heavy atom. The summed E-state index contributed by atoms with van der Waals surface area (Å²) in [5.74, 6) is -0.387. The van der Waals surface area contributed by atoms with Crippen LogP contribution in [0.25, 0.3) is 10.9 Å². The average Bonchev–Trinajstić information content (AvgIpc) is 3.14. The Hall–Kier alpha value is -1.74. The number of hydrogen-bond donors (Lipinski definition) is 0. The fourth-order valence-corrected chi connectivity index (χ4v) is 5.52. The predicted molar refractivity (Wildman–Crippen MR) is 116 cm³/mol. The molecule has 3 aromatic rings. The van der Waals surface area contributed by atoms with Crippen LogP contribution in [0.15, 0.2) is 58.0 Å². The number of rotatable bonds is 5. The molecule has 8 heteroatoms. The lowest BCUT2D eigenvalue weighted by Crippen LogP contribution is -2.45. The van der Waals surface area contributed by atoms with E-state index in [4.69, 9.17) is 0 Å². The maximum absolute atomic E-state index is 13.5. The van der Waals surface area contributed by atoms with Crippen molar-refractivity contribution in [3.05, 3.63) is 64.5 Å². The number of hydrogen-bond acceptors (Lipinski definition) is 4. The number of piperazine rings is 1. The molecule has 0 aliphatic carbocycles. The van der Waals surface area contributed by atoms with Gasteiger partial charge in [-0.2, -0.15) is 0 Å². The van der Waals surface area contributed by atoms with Crippen molar-refractivity contribution in [2.75, 3.05) is 32.7 Å². The van der Waals surface area contributed by atoms with E-state index in [-0.39, 0.29) is 10.7 Å². The summed E-state index contributed by atoms with van der Waals surface area (Å²) in [5, 5.41) is 0.555. The maximum atomic E-state index is 13.5. The summed E-state index contributed by atoms with van der Waals surface area (Å²) in [6.45, 7) is 7.89. The topological polar surface area (TPSA) is 45.6 Å². The summed E-state index contributed by atoms with van der Waals surface area (Å²) in [5.41, 5.74) is 1.41. The summed E-state index contributed by atoms with van der Waals surface area (Å²) in [7, 11) is -3.78. The van der Waals surface area contributed by atoms with Gasteiger partial charge >= 0.3 is 0 Å². The van der Waals surface area contributed by atoms with Crippen LogP contribution in [-0.2, 0) is 16.6 Å². The highest BCUT2D eigenvalue weighted by Gasteiger charge is 2.22. The number of nitrogens with zero attached hydrogens (tertiary/aromatic N) is 3. The van der Waals surface area contributed by atoms with E-state index in [9.17, 15) is 12.8 Å². The predicted octanol–water partition coefficient (Wildman–Crippen LogP) is 3.92. The average molecular weight is 480 g/mol. The van der Waals surface area contributed by atoms with Gasteiger partial charge in [0.2, 0.25) is 0 Å². The highest BCUT2D eigenvalue weighted by molar-refractivity contribution is 9.10. The van der Waals surface area contributed by atoms with Crippen molar-refractivity contribution in [1.29, 1.82) is 0 Å². The number of aromatic nitrogens is 1. The third-order valence-corrected chi connectivity index (χ3v) is 7.96. The van der Waals surface area contributed by atoms with Crippen LogP contribution < -0.4 is 0 Å². The Kier molecular flexibility index (Phi) is 5.79. The maximum Gasteiger partial charge on any atom is 0.268 e. The van der Waals surface area contributed by atoms with Gasteiger partial charge < -0.3 is 4.90 Å². The standard InChI is InChI=1S/C21H23BrFN3O2S/c1-2-24-9-11-25(12-10-24)15-17-14-19(4-5-20(17)22)29(27,28)26-8-7-16-13-18(23)3-6-21(16)26/h3-8,13-14H,2,9-12,15H2,1H3. The van der Waals surface area contributed by atoms with Gasteiger partial charge in [0.05, 0.1) is 10.4 Å². The minimum Gasteiger partial charge on any atom is -0.301 e. The summed E-state index contributed by atoms with van der Waals surface area (Å²) in [6.07, 6.45) is 1.48. The molecule has 4 rings (SSSR count). The van der Waals surface area contributed by atoms with Crippen molar-refractivity contribution in [2.45, 2.75) is 18.4 Å². The molecule has 0 radical (unpaired) electrons. The highest BCUT2D eigenvalue weighted by atomic mass is 79.9. The van der Waals surface area contributed by atoms with E-state index < -0.39 is 10.0 Å². The van der Waals surface area contributed by atoms with E-state index in [1.54, 1.807) is 24.3 Å². The Balaban J connectivity index is 1.63. The van der Waals surface area contributed by atoms with Crippen LogP contribution in [0.3, 0.4) is 0 Å². The second-order valence-corrected chi connectivity index (χ2v) is 9.95. The summed E-state index contributed by atoms with van der Waals surface area (Å²) >= 11 is 3.57. The number of benzene rings is 2. The second kappa shape index (κ2) is 8.18. The van der Waals surface area contributed by atoms with Crippen LogP contribution in [0, 0.1) is 5.82 Å². The molecule has 0 saturated carbocycles. The smallest absolute Gasteiger partial charge is 0.268 e. The number of likely N-dealkylation sites (N-methyl/N-ethyl adjacent to an activating group) is 1. The van der Waals surface area contributed by atoms with Gasteiger partial charge in [-0.05, 0) is 54.6 Å². The fraction of sp³-hybridized carbons (Fsp3) is 0.333. The molecule has 5 nitrogen and oxygen atoms in total. The minimum absolute atomic E-state index is 0.227. The summed E-state index contributed by atoms with van der Waals surface area (Å²) in [4.78, 5) is 4.98. The van der Waals surface area contributed by atoms with E-state index in [1.165, 1.54) is 28.4 Å². The molecule has 0 bridgehead atoms. The largest absolute Gasteiger partial charge is 0.301 e.